The zero-order valence-electron chi connectivity index (χ0n) is 13.5. The first-order valence-corrected chi connectivity index (χ1v) is 7.68. The van der Waals surface area contributed by atoms with Gasteiger partial charge >= 0.3 is 0 Å². The van der Waals surface area contributed by atoms with E-state index in [2.05, 4.69) is 24.1 Å². The maximum Gasteiger partial charge on any atom is 0.251 e. The number of ether oxygens (including phenoxy) is 1. The number of amides is 1. The molecule has 0 aliphatic rings. The fourth-order valence-electron chi connectivity index (χ4n) is 2.06. The first kappa shape index (κ1) is 17.0. The highest BCUT2D eigenvalue weighted by Crippen LogP contribution is 2.16. The summed E-state index contributed by atoms with van der Waals surface area (Å²) in [4.78, 5) is 16.4. The Labute approximate surface area is 136 Å². The number of aliphatic hydroxyl groups excluding tert-OH is 1. The van der Waals surface area contributed by atoms with Gasteiger partial charge in [0.15, 0.2) is 0 Å². The highest BCUT2D eigenvalue weighted by Gasteiger charge is 2.07. The maximum absolute atomic E-state index is 11.9. The second kappa shape index (κ2) is 8.29. The average molecular weight is 314 g/mol. The Morgan fingerprint density at radius 3 is 2.78 bits per heavy atom. The lowest BCUT2D eigenvalue weighted by atomic mass is 10.1. The van der Waals surface area contributed by atoms with Crippen molar-refractivity contribution in [1.82, 2.24) is 10.3 Å². The summed E-state index contributed by atoms with van der Waals surface area (Å²) in [5.41, 5.74) is 2.38. The molecule has 0 saturated carbocycles. The molecule has 0 saturated heterocycles. The summed E-state index contributed by atoms with van der Waals surface area (Å²) in [6.07, 6.45) is 0. The molecule has 122 valence electrons. The van der Waals surface area contributed by atoms with E-state index in [0.29, 0.717) is 23.8 Å². The van der Waals surface area contributed by atoms with Gasteiger partial charge in [-0.2, -0.15) is 0 Å². The summed E-state index contributed by atoms with van der Waals surface area (Å²) in [6.45, 7) is 4.70. The van der Waals surface area contributed by atoms with Gasteiger partial charge in [-0.3, -0.25) is 9.78 Å². The van der Waals surface area contributed by atoms with Crippen molar-refractivity contribution in [2.45, 2.75) is 26.4 Å². The number of rotatable bonds is 7. The van der Waals surface area contributed by atoms with Crippen molar-refractivity contribution in [3.05, 3.63) is 59.4 Å². The largest absolute Gasteiger partial charge is 0.487 e. The molecule has 2 aromatic rings. The lowest BCUT2D eigenvalue weighted by molar-refractivity contribution is 0.0944. The van der Waals surface area contributed by atoms with Crippen molar-refractivity contribution in [2.24, 2.45) is 0 Å². The van der Waals surface area contributed by atoms with Crippen LogP contribution >= 0.6 is 0 Å². The SMILES string of the molecule is CC(C)c1cccc(COc2cccc(C(=O)NCCO)c2)n1. The Balaban J connectivity index is 2.01. The molecule has 0 aliphatic carbocycles. The Hall–Kier alpha value is -2.40. The van der Waals surface area contributed by atoms with Gasteiger partial charge < -0.3 is 15.2 Å². The molecule has 0 unspecified atom stereocenters. The molecule has 2 N–H and O–H groups in total. The number of carbonyl (C=O) groups excluding carboxylic acids is 1. The third-order valence-corrected chi connectivity index (χ3v) is 3.30. The summed E-state index contributed by atoms with van der Waals surface area (Å²) in [6, 6.07) is 12.8. The first-order valence-electron chi connectivity index (χ1n) is 7.68. The molecule has 1 aromatic heterocycles. The van der Waals surface area contributed by atoms with E-state index in [4.69, 9.17) is 9.84 Å². The summed E-state index contributed by atoms with van der Waals surface area (Å²) in [5.74, 6) is 0.747. The molecule has 2 rings (SSSR count). The number of nitrogens with zero attached hydrogens (tertiary/aromatic N) is 1. The molecule has 5 nitrogen and oxygen atoms in total. The van der Waals surface area contributed by atoms with E-state index in [-0.39, 0.29) is 19.1 Å². The number of aliphatic hydroxyl groups is 1. The van der Waals surface area contributed by atoms with Crippen LogP contribution < -0.4 is 10.1 Å². The zero-order valence-corrected chi connectivity index (χ0v) is 13.5. The van der Waals surface area contributed by atoms with Crippen molar-refractivity contribution in [3.8, 4) is 5.75 Å². The normalized spacial score (nSPS) is 10.6. The number of hydrogen-bond donors (Lipinski definition) is 2. The number of carbonyl (C=O) groups is 1. The van der Waals surface area contributed by atoms with Gasteiger partial charge in [-0.15, -0.1) is 0 Å². The Kier molecular flexibility index (Phi) is 6.11. The molecule has 0 fully saturated rings. The second-order valence-electron chi connectivity index (χ2n) is 5.50. The minimum atomic E-state index is -0.232. The summed E-state index contributed by atoms with van der Waals surface area (Å²) in [7, 11) is 0. The molecule has 0 radical (unpaired) electrons. The van der Waals surface area contributed by atoms with E-state index in [1.807, 2.05) is 18.2 Å². The van der Waals surface area contributed by atoms with Crippen LogP contribution in [0.2, 0.25) is 0 Å². The first-order chi connectivity index (χ1) is 11.1. The number of benzene rings is 1. The van der Waals surface area contributed by atoms with E-state index in [1.165, 1.54) is 0 Å². The van der Waals surface area contributed by atoms with Crippen LogP contribution in [0.1, 0.15) is 41.5 Å². The van der Waals surface area contributed by atoms with Gasteiger partial charge in [0.25, 0.3) is 5.91 Å². The van der Waals surface area contributed by atoms with Crippen LogP contribution in [0.15, 0.2) is 42.5 Å². The van der Waals surface area contributed by atoms with Gasteiger partial charge in [-0.05, 0) is 36.2 Å². The van der Waals surface area contributed by atoms with Crippen LogP contribution in [0.3, 0.4) is 0 Å². The quantitative estimate of drug-likeness (QED) is 0.824. The van der Waals surface area contributed by atoms with Crippen LogP contribution in [0.5, 0.6) is 5.75 Å². The molecule has 1 aromatic carbocycles. The number of hydrogen-bond acceptors (Lipinski definition) is 4. The fourth-order valence-corrected chi connectivity index (χ4v) is 2.06. The van der Waals surface area contributed by atoms with Crippen molar-refractivity contribution in [2.75, 3.05) is 13.2 Å². The Bertz CT molecular complexity index is 656. The summed E-state index contributed by atoms with van der Waals surface area (Å²) in [5, 5.41) is 11.4. The molecular formula is C18H22N2O3. The van der Waals surface area contributed by atoms with E-state index >= 15 is 0 Å². The van der Waals surface area contributed by atoms with E-state index in [9.17, 15) is 4.79 Å². The molecular weight excluding hydrogens is 292 g/mol. The lowest BCUT2D eigenvalue weighted by Gasteiger charge is -2.10. The molecule has 5 heteroatoms. The molecule has 1 heterocycles. The summed E-state index contributed by atoms with van der Waals surface area (Å²) < 4.78 is 5.73. The summed E-state index contributed by atoms with van der Waals surface area (Å²) >= 11 is 0. The van der Waals surface area contributed by atoms with E-state index < -0.39 is 0 Å². The predicted octanol–water partition coefficient (Wildman–Crippen LogP) is 2.51. The topological polar surface area (TPSA) is 71.5 Å². The highest BCUT2D eigenvalue weighted by molar-refractivity contribution is 5.94. The smallest absolute Gasteiger partial charge is 0.251 e. The third-order valence-electron chi connectivity index (χ3n) is 3.30. The predicted molar refractivity (Wildman–Crippen MR) is 88.5 cm³/mol. The van der Waals surface area contributed by atoms with Crippen LogP contribution in [-0.4, -0.2) is 29.1 Å². The second-order valence-corrected chi connectivity index (χ2v) is 5.50. The van der Waals surface area contributed by atoms with Gasteiger partial charge in [0.2, 0.25) is 0 Å². The van der Waals surface area contributed by atoms with Gasteiger partial charge in [0.1, 0.15) is 12.4 Å². The minimum Gasteiger partial charge on any atom is -0.487 e. The van der Waals surface area contributed by atoms with Crippen LogP contribution in [0.25, 0.3) is 0 Å². The number of aromatic nitrogens is 1. The van der Waals surface area contributed by atoms with Gasteiger partial charge in [-0.1, -0.05) is 26.0 Å². The van der Waals surface area contributed by atoms with Crippen molar-refractivity contribution >= 4 is 5.91 Å². The zero-order chi connectivity index (χ0) is 16.7. The van der Waals surface area contributed by atoms with Crippen LogP contribution in [-0.2, 0) is 6.61 Å². The van der Waals surface area contributed by atoms with Gasteiger partial charge in [0, 0.05) is 17.8 Å². The van der Waals surface area contributed by atoms with Gasteiger partial charge in [0.05, 0.1) is 12.3 Å². The maximum atomic E-state index is 11.9. The highest BCUT2D eigenvalue weighted by atomic mass is 16.5. The van der Waals surface area contributed by atoms with Gasteiger partial charge in [-0.25, -0.2) is 0 Å². The molecule has 0 atom stereocenters. The standard InChI is InChI=1S/C18H22N2O3/c1-13(2)17-8-4-6-15(20-17)12-23-16-7-3-5-14(11-16)18(22)19-9-10-21/h3-8,11,13,21H,9-10,12H2,1-2H3,(H,19,22). The van der Waals surface area contributed by atoms with Crippen molar-refractivity contribution in [3.63, 3.8) is 0 Å². The lowest BCUT2D eigenvalue weighted by Crippen LogP contribution is -2.26. The third kappa shape index (κ3) is 5.07. The molecule has 0 bridgehead atoms. The Morgan fingerprint density at radius 1 is 1.26 bits per heavy atom. The fraction of sp³-hybridized carbons (Fsp3) is 0.333. The van der Waals surface area contributed by atoms with Crippen molar-refractivity contribution in [1.29, 1.82) is 0 Å². The average Bonchev–Trinajstić information content (AvgIpc) is 2.58. The van der Waals surface area contributed by atoms with E-state index in [0.717, 1.165) is 11.4 Å². The molecule has 23 heavy (non-hydrogen) atoms. The van der Waals surface area contributed by atoms with E-state index in [1.54, 1.807) is 24.3 Å². The Morgan fingerprint density at radius 2 is 2.04 bits per heavy atom. The molecule has 0 spiro atoms. The molecule has 1 amide bonds. The number of nitrogens with one attached hydrogen (secondary N) is 1. The van der Waals surface area contributed by atoms with Crippen LogP contribution in [0.4, 0.5) is 0 Å². The van der Waals surface area contributed by atoms with Crippen LogP contribution in [0, 0.1) is 0 Å². The number of pyridine rings is 1. The minimum absolute atomic E-state index is 0.0835. The van der Waals surface area contributed by atoms with Crippen molar-refractivity contribution < 1.29 is 14.6 Å². The monoisotopic (exact) mass is 314 g/mol. The molecule has 0 aliphatic heterocycles.